The van der Waals surface area contributed by atoms with E-state index in [1.807, 2.05) is 13.0 Å². The number of carbonyl (C=O) groups is 2. The molecule has 1 aromatic carbocycles. The number of nitrogen functional groups attached to an aromatic ring is 1. The average Bonchev–Trinajstić information content (AvgIpc) is 2.69. The predicted octanol–water partition coefficient (Wildman–Crippen LogP) is 1.37. The van der Waals surface area contributed by atoms with E-state index < -0.39 is 17.4 Å². The highest BCUT2D eigenvalue weighted by Gasteiger charge is 2.31. The Kier molecular flexibility index (Phi) is 2.94. The van der Waals surface area contributed by atoms with Crippen LogP contribution in [0.1, 0.15) is 26.3 Å². The quantitative estimate of drug-likeness (QED) is 0.762. The first-order valence-electron chi connectivity index (χ1n) is 6.08. The summed E-state index contributed by atoms with van der Waals surface area (Å²) in [7, 11) is 0. The smallest absolute Gasteiger partial charge is 0.262 e. The summed E-state index contributed by atoms with van der Waals surface area (Å²) in [5, 5.41) is 2.13. The van der Waals surface area contributed by atoms with E-state index in [2.05, 4.69) is 21.2 Å². The van der Waals surface area contributed by atoms with Crippen molar-refractivity contribution < 1.29 is 9.59 Å². The van der Waals surface area contributed by atoms with E-state index in [1.54, 1.807) is 12.1 Å². The minimum absolute atomic E-state index is 0.0185. The minimum atomic E-state index is -0.601. The number of hydrogen-bond donors (Lipinski definition) is 2. The third-order valence-corrected chi connectivity index (χ3v) is 4.22. The summed E-state index contributed by atoms with van der Waals surface area (Å²) in [4.78, 5) is 35.6. The van der Waals surface area contributed by atoms with Gasteiger partial charge in [-0.05, 0) is 24.6 Å². The van der Waals surface area contributed by atoms with E-state index in [4.69, 9.17) is 5.73 Å². The molecule has 0 unspecified atom stereocenters. The van der Waals surface area contributed by atoms with Gasteiger partial charge in [0.05, 0.1) is 16.8 Å². The molecular weight excluding hydrogens is 338 g/mol. The van der Waals surface area contributed by atoms with Gasteiger partial charge in [0.2, 0.25) is 0 Å². The zero-order valence-corrected chi connectivity index (χ0v) is 12.5. The van der Waals surface area contributed by atoms with Crippen LogP contribution in [0, 0.1) is 6.92 Å². The molecule has 0 radical (unpaired) electrons. The summed E-state index contributed by atoms with van der Waals surface area (Å²) in [5.41, 5.74) is 7.05. The summed E-state index contributed by atoms with van der Waals surface area (Å²) >= 11 is 3.39. The fraction of sp³-hybridized carbons (Fsp3) is 0.0714. The van der Waals surface area contributed by atoms with Gasteiger partial charge in [-0.3, -0.25) is 24.3 Å². The van der Waals surface area contributed by atoms with Crippen LogP contribution in [0.2, 0.25) is 0 Å². The maximum absolute atomic E-state index is 12.2. The van der Waals surface area contributed by atoms with Crippen molar-refractivity contribution in [3.8, 4) is 5.69 Å². The second-order valence-electron chi connectivity index (χ2n) is 4.71. The number of carbonyl (C=O) groups excluding carboxylic acids is 2. The number of benzene rings is 1. The molecule has 0 fully saturated rings. The second kappa shape index (κ2) is 4.56. The van der Waals surface area contributed by atoms with Gasteiger partial charge >= 0.3 is 0 Å². The molecule has 2 heterocycles. The number of halogens is 1. The first kappa shape index (κ1) is 13.6. The molecule has 106 valence electrons. The fourth-order valence-electron chi connectivity index (χ4n) is 2.27. The van der Waals surface area contributed by atoms with E-state index in [9.17, 15) is 14.4 Å². The number of nitrogens with zero attached hydrogens (tertiary/aromatic N) is 1. The molecule has 0 saturated heterocycles. The summed E-state index contributed by atoms with van der Waals surface area (Å²) < 4.78 is 2.02. The average molecular weight is 348 g/mol. The van der Waals surface area contributed by atoms with Crippen LogP contribution in [-0.2, 0) is 0 Å². The Balaban J connectivity index is 2.32. The molecule has 0 spiro atoms. The molecule has 21 heavy (non-hydrogen) atoms. The van der Waals surface area contributed by atoms with Gasteiger partial charge in [-0.25, -0.2) is 0 Å². The number of nitrogens with one attached hydrogen (secondary N) is 1. The topological polar surface area (TPSA) is 94.2 Å². The molecule has 2 amide bonds. The van der Waals surface area contributed by atoms with Crippen LogP contribution in [0.15, 0.2) is 33.5 Å². The third kappa shape index (κ3) is 1.97. The molecule has 7 heteroatoms. The normalized spacial score (nSPS) is 13.2. The first-order chi connectivity index (χ1) is 9.90. The summed E-state index contributed by atoms with van der Waals surface area (Å²) in [6.07, 6.45) is 0. The molecule has 1 aromatic heterocycles. The van der Waals surface area contributed by atoms with Crippen LogP contribution in [0.5, 0.6) is 0 Å². The Morgan fingerprint density at radius 3 is 2.52 bits per heavy atom. The molecule has 2 aromatic rings. The molecule has 1 aliphatic rings. The van der Waals surface area contributed by atoms with Crippen LogP contribution in [-0.4, -0.2) is 16.4 Å². The Hall–Kier alpha value is -2.41. The second-order valence-corrected chi connectivity index (χ2v) is 5.56. The summed E-state index contributed by atoms with van der Waals surface area (Å²) in [5.74, 6) is -1.24. The molecular formula is C14H10BrN3O3. The van der Waals surface area contributed by atoms with Gasteiger partial charge in [0, 0.05) is 10.5 Å². The number of pyridine rings is 1. The Morgan fingerprint density at radius 1 is 1.14 bits per heavy atom. The van der Waals surface area contributed by atoms with Crippen molar-refractivity contribution in [2.24, 2.45) is 0 Å². The summed E-state index contributed by atoms with van der Waals surface area (Å²) in [6, 6.07) is 6.40. The van der Waals surface area contributed by atoms with Gasteiger partial charge in [-0.15, -0.1) is 0 Å². The van der Waals surface area contributed by atoms with Gasteiger partial charge < -0.3 is 5.73 Å². The van der Waals surface area contributed by atoms with Crippen molar-refractivity contribution in [2.45, 2.75) is 6.92 Å². The van der Waals surface area contributed by atoms with Crippen molar-refractivity contribution in [2.75, 3.05) is 5.73 Å². The standard InChI is InChI=1S/C14H10BrN3O3/c1-6-2-3-7(4-9(6)15)18-10(19)5-8-11(12(18)16)14(21)17-13(8)20/h2-5H,16H2,1H3,(H,17,20,21). The first-order valence-corrected chi connectivity index (χ1v) is 6.87. The number of nitrogens with two attached hydrogens (primary N) is 1. The lowest BCUT2D eigenvalue weighted by atomic mass is 10.1. The van der Waals surface area contributed by atoms with E-state index >= 15 is 0 Å². The highest BCUT2D eigenvalue weighted by atomic mass is 79.9. The maximum Gasteiger partial charge on any atom is 0.262 e. The van der Waals surface area contributed by atoms with Crippen LogP contribution in [0.3, 0.4) is 0 Å². The summed E-state index contributed by atoms with van der Waals surface area (Å²) in [6.45, 7) is 1.91. The van der Waals surface area contributed by atoms with Crippen LogP contribution in [0.4, 0.5) is 5.82 Å². The number of fused-ring (bicyclic) bond motifs is 1. The lowest BCUT2D eigenvalue weighted by Gasteiger charge is -2.12. The number of rotatable bonds is 1. The molecule has 0 atom stereocenters. The number of aryl methyl sites for hydroxylation is 1. The highest BCUT2D eigenvalue weighted by molar-refractivity contribution is 9.10. The Bertz CT molecular complexity index is 870. The monoisotopic (exact) mass is 347 g/mol. The molecule has 3 rings (SSSR count). The molecule has 6 nitrogen and oxygen atoms in total. The van der Waals surface area contributed by atoms with Gasteiger partial charge in [0.25, 0.3) is 17.4 Å². The molecule has 0 aliphatic carbocycles. The molecule has 0 bridgehead atoms. The SMILES string of the molecule is Cc1ccc(-n2c(N)c3c(cc2=O)C(=O)NC3=O)cc1Br. The number of amides is 2. The number of hydrogen-bond acceptors (Lipinski definition) is 4. The van der Waals surface area contributed by atoms with Crippen molar-refractivity contribution in [3.63, 3.8) is 0 Å². The maximum atomic E-state index is 12.2. The predicted molar refractivity (Wildman–Crippen MR) is 80.7 cm³/mol. The Labute approximate surface area is 127 Å². The number of imide groups is 1. The lowest BCUT2D eigenvalue weighted by Crippen LogP contribution is -2.24. The lowest BCUT2D eigenvalue weighted by molar-refractivity contribution is 0.0880. The van der Waals surface area contributed by atoms with Gasteiger partial charge in [-0.1, -0.05) is 22.0 Å². The van der Waals surface area contributed by atoms with Crippen molar-refractivity contribution in [3.05, 3.63) is 55.8 Å². The van der Waals surface area contributed by atoms with E-state index in [1.165, 1.54) is 4.57 Å². The fourth-order valence-corrected chi connectivity index (χ4v) is 2.63. The van der Waals surface area contributed by atoms with Gasteiger partial charge in [0.15, 0.2) is 0 Å². The minimum Gasteiger partial charge on any atom is -0.384 e. The van der Waals surface area contributed by atoms with Gasteiger partial charge in [-0.2, -0.15) is 0 Å². The van der Waals surface area contributed by atoms with E-state index in [0.29, 0.717) is 5.69 Å². The highest BCUT2D eigenvalue weighted by Crippen LogP contribution is 2.25. The Morgan fingerprint density at radius 2 is 1.86 bits per heavy atom. The van der Waals surface area contributed by atoms with E-state index in [0.717, 1.165) is 16.1 Å². The molecule has 0 saturated carbocycles. The van der Waals surface area contributed by atoms with Crippen LogP contribution >= 0.6 is 15.9 Å². The van der Waals surface area contributed by atoms with Crippen molar-refractivity contribution in [1.82, 2.24) is 9.88 Å². The van der Waals surface area contributed by atoms with Crippen molar-refractivity contribution in [1.29, 1.82) is 0 Å². The van der Waals surface area contributed by atoms with Crippen LogP contribution < -0.4 is 16.6 Å². The third-order valence-electron chi connectivity index (χ3n) is 3.37. The largest absolute Gasteiger partial charge is 0.384 e. The number of anilines is 1. The van der Waals surface area contributed by atoms with Crippen LogP contribution in [0.25, 0.3) is 5.69 Å². The zero-order chi connectivity index (χ0) is 15.3. The number of aromatic nitrogens is 1. The van der Waals surface area contributed by atoms with E-state index in [-0.39, 0.29) is 16.9 Å². The zero-order valence-electron chi connectivity index (χ0n) is 10.9. The van der Waals surface area contributed by atoms with Gasteiger partial charge in [0.1, 0.15) is 5.82 Å². The molecule has 3 N–H and O–H groups in total. The van der Waals surface area contributed by atoms with Crippen molar-refractivity contribution >= 4 is 33.6 Å². The molecule has 1 aliphatic heterocycles.